The zero-order chi connectivity index (χ0) is 18.6. The molecule has 0 aliphatic heterocycles. The molecule has 0 radical (unpaired) electrons. The second-order valence-corrected chi connectivity index (χ2v) is 6.19. The number of esters is 1. The molecular weight excluding hydrogens is 392 g/mol. The predicted octanol–water partition coefficient (Wildman–Crippen LogP) is 1.21. The van der Waals surface area contributed by atoms with Gasteiger partial charge in [0.15, 0.2) is 0 Å². The second-order valence-electron chi connectivity index (χ2n) is 5.40. The third-order valence-corrected chi connectivity index (χ3v) is 4.88. The largest absolute Gasteiger partial charge is 0.464 e. The summed E-state index contributed by atoms with van der Waals surface area (Å²) < 4.78 is 5.28. The van der Waals surface area contributed by atoms with Crippen LogP contribution in [0, 0.1) is 0 Å². The van der Waals surface area contributed by atoms with Crippen LogP contribution in [0.15, 0.2) is 16.6 Å². The molecule has 0 amide bonds. The SMILES string of the molecule is COC(=O)c1[nH]c(CCN)c(-c2ccc(CO)c(CO)c2CO)c1Br. The van der Waals surface area contributed by atoms with E-state index in [4.69, 9.17) is 10.5 Å². The van der Waals surface area contributed by atoms with Gasteiger partial charge in [-0.2, -0.15) is 0 Å². The Morgan fingerprint density at radius 2 is 1.88 bits per heavy atom. The first-order chi connectivity index (χ1) is 12.0. The Labute approximate surface area is 153 Å². The summed E-state index contributed by atoms with van der Waals surface area (Å²) in [4.78, 5) is 15.0. The Balaban J connectivity index is 2.77. The van der Waals surface area contributed by atoms with Crippen LogP contribution >= 0.6 is 15.9 Å². The molecular formula is C17H21BrN2O5. The lowest BCUT2D eigenvalue weighted by Crippen LogP contribution is -2.07. The van der Waals surface area contributed by atoms with Crippen LogP contribution in [0.2, 0.25) is 0 Å². The minimum absolute atomic E-state index is 0.249. The number of nitrogens with two attached hydrogens (primary N) is 1. The van der Waals surface area contributed by atoms with Crippen molar-refractivity contribution in [2.75, 3.05) is 13.7 Å². The smallest absolute Gasteiger partial charge is 0.355 e. The van der Waals surface area contributed by atoms with E-state index in [0.29, 0.717) is 50.9 Å². The molecule has 1 aromatic carbocycles. The van der Waals surface area contributed by atoms with Gasteiger partial charge in [0.2, 0.25) is 0 Å². The van der Waals surface area contributed by atoms with Crippen molar-refractivity contribution in [3.8, 4) is 11.1 Å². The van der Waals surface area contributed by atoms with Crippen LogP contribution in [0.25, 0.3) is 11.1 Å². The number of methoxy groups -OCH3 is 1. The highest BCUT2D eigenvalue weighted by atomic mass is 79.9. The van der Waals surface area contributed by atoms with Crippen molar-refractivity contribution in [1.29, 1.82) is 0 Å². The number of aliphatic hydroxyl groups is 3. The lowest BCUT2D eigenvalue weighted by Gasteiger charge is -2.16. The summed E-state index contributed by atoms with van der Waals surface area (Å²) in [6.07, 6.45) is 0.478. The summed E-state index contributed by atoms with van der Waals surface area (Å²) in [7, 11) is 1.29. The zero-order valence-electron chi connectivity index (χ0n) is 13.8. The van der Waals surface area contributed by atoms with Crippen molar-refractivity contribution >= 4 is 21.9 Å². The molecule has 0 unspecified atom stereocenters. The number of halogens is 1. The number of ether oxygens (including phenoxy) is 1. The van der Waals surface area contributed by atoms with Gasteiger partial charge in [-0.1, -0.05) is 12.1 Å². The van der Waals surface area contributed by atoms with Crippen molar-refractivity contribution < 1.29 is 24.9 Å². The van der Waals surface area contributed by atoms with Gasteiger partial charge in [-0.15, -0.1) is 0 Å². The van der Waals surface area contributed by atoms with Crippen molar-refractivity contribution in [3.63, 3.8) is 0 Å². The fraction of sp³-hybridized carbons (Fsp3) is 0.353. The Morgan fingerprint density at radius 3 is 2.40 bits per heavy atom. The maximum atomic E-state index is 12.0. The van der Waals surface area contributed by atoms with Gasteiger partial charge in [-0.3, -0.25) is 0 Å². The van der Waals surface area contributed by atoms with Gasteiger partial charge in [0.05, 0.1) is 31.4 Å². The van der Waals surface area contributed by atoms with E-state index < -0.39 is 5.97 Å². The standard InChI is InChI=1S/C17H21BrN2O5/c1-25-17(24)16-15(18)14(13(20-16)4-5-19)10-3-2-9(6-21)11(7-22)12(10)8-23/h2-3,20-23H,4-8,19H2,1H3. The fourth-order valence-electron chi connectivity index (χ4n) is 2.88. The van der Waals surface area contributed by atoms with Crippen LogP contribution in [0.1, 0.15) is 32.9 Å². The molecule has 0 aliphatic carbocycles. The number of rotatable bonds is 7. The van der Waals surface area contributed by atoms with Crippen molar-refractivity contribution in [2.45, 2.75) is 26.2 Å². The number of aromatic amines is 1. The molecule has 2 rings (SSSR count). The normalized spacial score (nSPS) is 11.0. The minimum atomic E-state index is -0.531. The van der Waals surface area contributed by atoms with Crippen LogP contribution in [-0.2, 0) is 31.0 Å². The van der Waals surface area contributed by atoms with Gasteiger partial charge >= 0.3 is 5.97 Å². The first-order valence-corrected chi connectivity index (χ1v) is 8.48. The number of benzene rings is 1. The number of hydrogen-bond acceptors (Lipinski definition) is 6. The first-order valence-electron chi connectivity index (χ1n) is 7.69. The topological polar surface area (TPSA) is 129 Å². The summed E-state index contributed by atoms with van der Waals surface area (Å²) in [6.45, 7) is -0.540. The van der Waals surface area contributed by atoms with Gasteiger partial charge in [0.1, 0.15) is 5.69 Å². The third-order valence-electron chi connectivity index (χ3n) is 4.08. The van der Waals surface area contributed by atoms with Gasteiger partial charge in [0.25, 0.3) is 0 Å². The van der Waals surface area contributed by atoms with E-state index >= 15 is 0 Å². The number of aliphatic hydroxyl groups excluding tert-OH is 3. The lowest BCUT2D eigenvalue weighted by atomic mass is 9.92. The number of carbonyl (C=O) groups excluding carboxylic acids is 1. The van der Waals surface area contributed by atoms with Crippen molar-refractivity contribution in [2.24, 2.45) is 5.73 Å². The Morgan fingerprint density at radius 1 is 1.20 bits per heavy atom. The van der Waals surface area contributed by atoms with Crippen LogP contribution in [0.5, 0.6) is 0 Å². The molecule has 0 atom stereocenters. The molecule has 0 fully saturated rings. The predicted molar refractivity (Wildman–Crippen MR) is 95.8 cm³/mol. The van der Waals surface area contributed by atoms with E-state index in [1.807, 2.05) is 0 Å². The quantitative estimate of drug-likeness (QED) is 0.434. The van der Waals surface area contributed by atoms with Crippen LogP contribution in [-0.4, -0.2) is 39.9 Å². The molecule has 25 heavy (non-hydrogen) atoms. The molecule has 6 N–H and O–H groups in total. The number of H-pyrrole nitrogens is 1. The molecule has 0 spiro atoms. The summed E-state index contributed by atoms with van der Waals surface area (Å²) in [6, 6.07) is 3.43. The molecule has 7 nitrogen and oxygen atoms in total. The highest BCUT2D eigenvalue weighted by Gasteiger charge is 2.24. The summed E-state index contributed by atoms with van der Waals surface area (Å²) in [5.41, 5.74) is 9.45. The number of hydrogen-bond donors (Lipinski definition) is 5. The van der Waals surface area contributed by atoms with Crippen LogP contribution in [0.4, 0.5) is 0 Å². The third kappa shape index (κ3) is 3.63. The Bertz CT molecular complexity index is 773. The highest BCUT2D eigenvalue weighted by molar-refractivity contribution is 9.10. The van der Waals surface area contributed by atoms with E-state index in [9.17, 15) is 20.1 Å². The number of aromatic nitrogens is 1. The molecule has 0 aliphatic rings. The molecule has 0 bridgehead atoms. The van der Waals surface area contributed by atoms with Crippen LogP contribution in [0.3, 0.4) is 0 Å². The fourth-order valence-corrected chi connectivity index (χ4v) is 3.60. The van der Waals surface area contributed by atoms with Gasteiger partial charge in [0, 0.05) is 17.7 Å². The number of nitrogens with one attached hydrogen (secondary N) is 1. The Hall–Kier alpha value is -1.71. The van der Waals surface area contributed by atoms with Crippen molar-refractivity contribution in [3.05, 3.63) is 44.7 Å². The van der Waals surface area contributed by atoms with E-state index in [1.165, 1.54) is 7.11 Å². The number of carbonyl (C=O) groups is 1. The van der Waals surface area contributed by atoms with E-state index in [2.05, 4.69) is 20.9 Å². The minimum Gasteiger partial charge on any atom is -0.464 e. The lowest BCUT2D eigenvalue weighted by molar-refractivity contribution is 0.0593. The molecule has 0 saturated carbocycles. The molecule has 1 heterocycles. The van der Waals surface area contributed by atoms with Gasteiger partial charge in [-0.25, -0.2) is 4.79 Å². The van der Waals surface area contributed by atoms with Gasteiger partial charge < -0.3 is 30.8 Å². The van der Waals surface area contributed by atoms with Gasteiger partial charge in [-0.05, 0) is 44.7 Å². The molecule has 1 aromatic heterocycles. The zero-order valence-corrected chi connectivity index (χ0v) is 15.4. The molecule has 0 saturated heterocycles. The second kappa shape index (κ2) is 8.59. The van der Waals surface area contributed by atoms with E-state index in [0.717, 1.165) is 0 Å². The molecule has 2 aromatic rings. The van der Waals surface area contributed by atoms with Crippen LogP contribution < -0.4 is 5.73 Å². The maximum absolute atomic E-state index is 12.0. The average molecular weight is 413 g/mol. The average Bonchev–Trinajstić information content (AvgIpc) is 2.95. The summed E-state index contributed by atoms with van der Waals surface area (Å²) in [5, 5.41) is 29.0. The molecule has 8 heteroatoms. The maximum Gasteiger partial charge on any atom is 0.355 e. The molecule has 136 valence electrons. The van der Waals surface area contributed by atoms with E-state index in [1.54, 1.807) is 12.1 Å². The van der Waals surface area contributed by atoms with E-state index in [-0.39, 0.29) is 25.5 Å². The Kier molecular flexibility index (Phi) is 6.74. The summed E-state index contributed by atoms with van der Waals surface area (Å²) >= 11 is 3.43. The van der Waals surface area contributed by atoms with Crippen molar-refractivity contribution in [1.82, 2.24) is 4.98 Å². The summed E-state index contributed by atoms with van der Waals surface area (Å²) in [5.74, 6) is -0.531. The first kappa shape index (κ1) is 19.6. The highest BCUT2D eigenvalue weighted by Crippen LogP contribution is 2.39. The monoisotopic (exact) mass is 412 g/mol.